The number of carbonyl (C=O) groups excluding carboxylic acids is 2. The van der Waals surface area contributed by atoms with E-state index in [2.05, 4.69) is 20.8 Å². The Balaban J connectivity index is 1.51. The lowest BCUT2D eigenvalue weighted by Gasteiger charge is -2.18. The molecule has 8 heteroatoms. The molecule has 0 bridgehead atoms. The molecule has 1 heterocycles. The van der Waals surface area contributed by atoms with Crippen molar-refractivity contribution in [2.45, 2.75) is 18.9 Å². The average Bonchev–Trinajstić information content (AvgIpc) is 3.29. The molecule has 2 aromatic carbocycles. The lowest BCUT2D eigenvalue weighted by molar-refractivity contribution is -0.126. The molecule has 0 radical (unpaired) electrons. The van der Waals surface area contributed by atoms with Crippen molar-refractivity contribution in [1.82, 2.24) is 15.5 Å². The number of H-pyrrole nitrogens is 1. The Morgan fingerprint density at radius 2 is 1.80 bits per heavy atom. The zero-order chi connectivity index (χ0) is 21.2. The van der Waals surface area contributed by atoms with Crippen molar-refractivity contribution in [3.8, 4) is 11.5 Å². The van der Waals surface area contributed by atoms with Crippen LogP contribution < -0.4 is 20.1 Å². The van der Waals surface area contributed by atoms with Gasteiger partial charge in [-0.05, 0) is 36.2 Å². The lowest BCUT2D eigenvalue weighted by Crippen LogP contribution is -2.37. The summed E-state index contributed by atoms with van der Waals surface area (Å²) >= 11 is 0. The number of aromatic amines is 1. The zero-order valence-corrected chi connectivity index (χ0v) is 16.6. The number of ether oxygens (including phenoxy) is 2. The summed E-state index contributed by atoms with van der Waals surface area (Å²) in [6.07, 6.45) is 3.82. The number of aromatic nitrogens is 2. The number of rotatable bonds is 10. The van der Waals surface area contributed by atoms with E-state index in [0.717, 1.165) is 5.75 Å². The van der Waals surface area contributed by atoms with Gasteiger partial charge >= 0.3 is 0 Å². The van der Waals surface area contributed by atoms with Gasteiger partial charge in [0.2, 0.25) is 5.91 Å². The number of benzene rings is 2. The number of anilines is 1. The SMILES string of the molecule is COc1ccc(OCCCC(=O)NC(C(=O)Nc2cn[nH]c2)c2ccccc2)cc1. The van der Waals surface area contributed by atoms with E-state index in [0.29, 0.717) is 30.0 Å². The maximum absolute atomic E-state index is 12.7. The van der Waals surface area contributed by atoms with Crippen LogP contribution in [0.3, 0.4) is 0 Å². The Morgan fingerprint density at radius 3 is 2.47 bits per heavy atom. The van der Waals surface area contributed by atoms with Crippen molar-refractivity contribution in [1.29, 1.82) is 0 Å². The summed E-state index contributed by atoms with van der Waals surface area (Å²) < 4.78 is 10.7. The third-order valence-corrected chi connectivity index (χ3v) is 4.34. The first-order chi connectivity index (χ1) is 14.7. The Bertz CT molecular complexity index is 928. The minimum Gasteiger partial charge on any atom is -0.497 e. The molecule has 0 aliphatic carbocycles. The Kier molecular flexibility index (Phi) is 7.43. The minimum atomic E-state index is -0.809. The van der Waals surface area contributed by atoms with Gasteiger partial charge in [-0.2, -0.15) is 5.10 Å². The Hall–Kier alpha value is -3.81. The molecule has 3 rings (SSSR count). The van der Waals surface area contributed by atoms with Crippen molar-refractivity contribution in [2.24, 2.45) is 0 Å². The van der Waals surface area contributed by atoms with Crippen molar-refractivity contribution >= 4 is 17.5 Å². The van der Waals surface area contributed by atoms with Gasteiger partial charge in [0, 0.05) is 12.6 Å². The van der Waals surface area contributed by atoms with Gasteiger partial charge in [-0.15, -0.1) is 0 Å². The first-order valence-electron chi connectivity index (χ1n) is 9.56. The second-order valence-corrected chi connectivity index (χ2v) is 6.51. The molecule has 3 N–H and O–H groups in total. The maximum Gasteiger partial charge on any atom is 0.251 e. The van der Waals surface area contributed by atoms with Gasteiger partial charge in [-0.25, -0.2) is 0 Å². The molecule has 0 saturated heterocycles. The van der Waals surface area contributed by atoms with Gasteiger partial charge in [0.05, 0.1) is 25.6 Å². The monoisotopic (exact) mass is 408 g/mol. The molecule has 1 aromatic heterocycles. The van der Waals surface area contributed by atoms with E-state index in [-0.39, 0.29) is 18.2 Å². The van der Waals surface area contributed by atoms with Crippen LogP contribution in [0.2, 0.25) is 0 Å². The summed E-state index contributed by atoms with van der Waals surface area (Å²) in [5.74, 6) is 0.884. The van der Waals surface area contributed by atoms with Gasteiger partial charge in [0.25, 0.3) is 5.91 Å². The number of hydrogen-bond donors (Lipinski definition) is 3. The van der Waals surface area contributed by atoms with Crippen molar-refractivity contribution in [2.75, 3.05) is 19.0 Å². The minimum absolute atomic E-state index is 0.232. The average molecular weight is 408 g/mol. The first-order valence-corrected chi connectivity index (χ1v) is 9.56. The fourth-order valence-electron chi connectivity index (χ4n) is 2.81. The van der Waals surface area contributed by atoms with Crippen LogP contribution in [-0.2, 0) is 9.59 Å². The van der Waals surface area contributed by atoms with E-state index in [1.54, 1.807) is 25.4 Å². The number of nitrogens with zero attached hydrogens (tertiary/aromatic N) is 1. The third kappa shape index (κ3) is 6.10. The molecule has 8 nitrogen and oxygen atoms in total. The van der Waals surface area contributed by atoms with Crippen LogP contribution in [-0.4, -0.2) is 35.7 Å². The maximum atomic E-state index is 12.7. The van der Waals surface area contributed by atoms with E-state index in [9.17, 15) is 9.59 Å². The molecule has 0 saturated carbocycles. The Labute approximate surface area is 174 Å². The molecule has 1 atom stereocenters. The molecule has 156 valence electrons. The zero-order valence-electron chi connectivity index (χ0n) is 16.6. The molecular weight excluding hydrogens is 384 g/mol. The number of hydrogen-bond acceptors (Lipinski definition) is 5. The standard InChI is InChI=1S/C22H24N4O4/c1-29-18-9-11-19(12-10-18)30-13-5-8-20(27)26-21(16-6-3-2-4-7-16)22(28)25-17-14-23-24-15-17/h2-4,6-7,9-12,14-15,21H,5,8,13H2,1H3,(H,23,24)(H,25,28)(H,26,27). The second-order valence-electron chi connectivity index (χ2n) is 6.51. The van der Waals surface area contributed by atoms with Crippen LogP contribution in [0.15, 0.2) is 67.0 Å². The van der Waals surface area contributed by atoms with Gasteiger partial charge < -0.3 is 20.1 Å². The summed E-state index contributed by atoms with van der Waals surface area (Å²) in [4.78, 5) is 25.2. The van der Waals surface area contributed by atoms with Crippen molar-refractivity contribution < 1.29 is 19.1 Å². The topological polar surface area (TPSA) is 105 Å². The number of methoxy groups -OCH3 is 1. The highest BCUT2D eigenvalue weighted by atomic mass is 16.5. The summed E-state index contributed by atoms with van der Waals surface area (Å²) in [5.41, 5.74) is 1.23. The second kappa shape index (κ2) is 10.7. The highest BCUT2D eigenvalue weighted by Crippen LogP contribution is 2.18. The molecule has 1 unspecified atom stereocenters. The summed E-state index contributed by atoms with van der Waals surface area (Å²) in [6.45, 7) is 0.386. The number of amides is 2. The molecule has 30 heavy (non-hydrogen) atoms. The van der Waals surface area contributed by atoms with Crippen molar-refractivity contribution in [3.63, 3.8) is 0 Å². The van der Waals surface area contributed by atoms with Crippen LogP contribution in [0.5, 0.6) is 11.5 Å². The molecule has 0 aliphatic rings. The van der Waals surface area contributed by atoms with Gasteiger partial charge in [0.15, 0.2) is 0 Å². The predicted molar refractivity (Wildman–Crippen MR) is 112 cm³/mol. The number of nitrogens with one attached hydrogen (secondary N) is 3. The molecule has 0 fully saturated rings. The lowest BCUT2D eigenvalue weighted by atomic mass is 10.1. The van der Waals surface area contributed by atoms with Gasteiger partial charge in [-0.3, -0.25) is 14.7 Å². The van der Waals surface area contributed by atoms with Crippen LogP contribution in [0.25, 0.3) is 0 Å². The van der Waals surface area contributed by atoms with E-state index < -0.39 is 6.04 Å². The molecule has 0 aliphatic heterocycles. The van der Waals surface area contributed by atoms with Crippen LogP contribution >= 0.6 is 0 Å². The predicted octanol–water partition coefficient (Wildman–Crippen LogP) is 3.07. The van der Waals surface area contributed by atoms with Crippen molar-refractivity contribution in [3.05, 3.63) is 72.6 Å². The Morgan fingerprint density at radius 1 is 1.07 bits per heavy atom. The van der Waals surface area contributed by atoms with E-state index >= 15 is 0 Å². The fourth-order valence-corrected chi connectivity index (χ4v) is 2.81. The molecular formula is C22H24N4O4. The smallest absolute Gasteiger partial charge is 0.251 e. The largest absolute Gasteiger partial charge is 0.497 e. The van der Waals surface area contributed by atoms with E-state index in [4.69, 9.17) is 9.47 Å². The first kappa shape index (κ1) is 20.9. The quantitative estimate of drug-likeness (QED) is 0.447. The van der Waals surface area contributed by atoms with Crippen LogP contribution in [0.4, 0.5) is 5.69 Å². The molecule has 2 amide bonds. The van der Waals surface area contributed by atoms with Gasteiger partial charge in [0.1, 0.15) is 17.5 Å². The van der Waals surface area contributed by atoms with E-state index in [1.165, 1.54) is 6.20 Å². The highest BCUT2D eigenvalue weighted by molar-refractivity contribution is 5.97. The van der Waals surface area contributed by atoms with Crippen LogP contribution in [0, 0.1) is 0 Å². The molecule has 0 spiro atoms. The highest BCUT2D eigenvalue weighted by Gasteiger charge is 2.22. The summed E-state index contributed by atoms with van der Waals surface area (Å²) in [5, 5.41) is 12.0. The summed E-state index contributed by atoms with van der Waals surface area (Å²) in [6, 6.07) is 15.5. The molecule has 3 aromatic rings. The number of carbonyl (C=O) groups is 2. The normalized spacial score (nSPS) is 11.4. The summed E-state index contributed by atoms with van der Waals surface area (Å²) in [7, 11) is 1.60. The van der Waals surface area contributed by atoms with Gasteiger partial charge in [-0.1, -0.05) is 30.3 Å². The third-order valence-electron chi connectivity index (χ3n) is 4.34. The van der Waals surface area contributed by atoms with Crippen LogP contribution in [0.1, 0.15) is 24.4 Å². The fraction of sp³-hybridized carbons (Fsp3) is 0.227. The van der Waals surface area contributed by atoms with E-state index in [1.807, 2.05) is 42.5 Å².